The number of aryl methyl sites for hydroxylation is 1. The van der Waals surface area contributed by atoms with Gasteiger partial charge >= 0.3 is 0 Å². The molecule has 2 nitrogen and oxygen atoms in total. The predicted molar refractivity (Wildman–Crippen MR) is 84.2 cm³/mol. The summed E-state index contributed by atoms with van der Waals surface area (Å²) < 4.78 is 5.66. The van der Waals surface area contributed by atoms with Crippen LogP contribution in [0.2, 0.25) is 0 Å². The molecule has 0 aliphatic heterocycles. The van der Waals surface area contributed by atoms with Crippen molar-refractivity contribution in [3.63, 3.8) is 0 Å². The molecule has 4 rings (SSSR count). The normalized spacial score (nSPS) is 13.8. The van der Waals surface area contributed by atoms with E-state index in [0.29, 0.717) is 0 Å². The second-order valence-corrected chi connectivity index (χ2v) is 5.68. The first-order valence-corrected chi connectivity index (χ1v) is 7.25. The summed E-state index contributed by atoms with van der Waals surface area (Å²) in [7, 11) is 0. The van der Waals surface area contributed by atoms with E-state index in [0.717, 1.165) is 23.5 Å². The van der Waals surface area contributed by atoms with Gasteiger partial charge in [0.15, 0.2) is 0 Å². The van der Waals surface area contributed by atoms with Crippen LogP contribution in [-0.4, -0.2) is 0 Å². The van der Waals surface area contributed by atoms with Crippen molar-refractivity contribution >= 4 is 0 Å². The molecule has 0 saturated carbocycles. The molecule has 3 aromatic rings. The number of hydrogen-bond donors (Lipinski definition) is 1. The maximum absolute atomic E-state index is 6.35. The van der Waals surface area contributed by atoms with Gasteiger partial charge < -0.3 is 10.2 Å². The summed E-state index contributed by atoms with van der Waals surface area (Å²) in [5.41, 5.74) is 12.9. The first-order chi connectivity index (χ1) is 10.2. The van der Waals surface area contributed by atoms with E-state index in [-0.39, 0.29) is 6.04 Å². The number of furan rings is 1. The number of nitrogens with two attached hydrogens (primary N) is 1. The summed E-state index contributed by atoms with van der Waals surface area (Å²) in [5.74, 6) is 1.71. The predicted octanol–water partition coefficient (Wildman–Crippen LogP) is 4.21. The molecule has 0 saturated heterocycles. The highest BCUT2D eigenvalue weighted by Crippen LogP contribution is 2.38. The van der Waals surface area contributed by atoms with Crippen molar-refractivity contribution in [2.75, 3.05) is 0 Å². The SMILES string of the molecule is Cc1ccc(C(N)c2ccc3c(c2)-c2ccccc2C3)o1. The second kappa shape index (κ2) is 4.61. The lowest BCUT2D eigenvalue weighted by Crippen LogP contribution is -2.11. The van der Waals surface area contributed by atoms with E-state index in [1.807, 2.05) is 19.1 Å². The topological polar surface area (TPSA) is 39.2 Å². The molecule has 2 aromatic carbocycles. The van der Waals surface area contributed by atoms with Crippen molar-refractivity contribution < 1.29 is 4.42 Å². The highest BCUT2D eigenvalue weighted by atomic mass is 16.3. The Hall–Kier alpha value is -2.32. The van der Waals surface area contributed by atoms with Crippen LogP contribution in [0.4, 0.5) is 0 Å². The van der Waals surface area contributed by atoms with Crippen LogP contribution in [0.3, 0.4) is 0 Å². The fourth-order valence-electron chi connectivity index (χ4n) is 3.12. The molecule has 0 spiro atoms. The van der Waals surface area contributed by atoms with Gasteiger partial charge in [0.2, 0.25) is 0 Å². The van der Waals surface area contributed by atoms with Crippen LogP contribution in [0.1, 0.15) is 34.3 Å². The smallest absolute Gasteiger partial charge is 0.125 e. The van der Waals surface area contributed by atoms with E-state index in [2.05, 4.69) is 42.5 Å². The molecular formula is C19H17NO. The molecule has 1 atom stereocenters. The van der Waals surface area contributed by atoms with Crippen LogP contribution in [0.25, 0.3) is 11.1 Å². The van der Waals surface area contributed by atoms with Crippen molar-refractivity contribution in [2.45, 2.75) is 19.4 Å². The summed E-state index contributed by atoms with van der Waals surface area (Å²) in [6.07, 6.45) is 1.01. The molecule has 104 valence electrons. The third-order valence-electron chi connectivity index (χ3n) is 4.25. The lowest BCUT2D eigenvalue weighted by Gasteiger charge is -2.11. The van der Waals surface area contributed by atoms with Gasteiger partial charge in [-0.3, -0.25) is 0 Å². The standard InChI is InChI=1S/C19H17NO/c1-12-6-9-18(21-12)19(20)15-8-7-14-10-13-4-2-3-5-16(13)17(14)11-15/h2-9,11,19H,10,20H2,1H3. The first-order valence-electron chi connectivity index (χ1n) is 7.25. The van der Waals surface area contributed by atoms with Crippen molar-refractivity contribution in [2.24, 2.45) is 5.73 Å². The van der Waals surface area contributed by atoms with Crippen LogP contribution in [0.15, 0.2) is 59.0 Å². The van der Waals surface area contributed by atoms with Crippen molar-refractivity contribution in [1.29, 1.82) is 0 Å². The summed E-state index contributed by atoms with van der Waals surface area (Å²) >= 11 is 0. The lowest BCUT2D eigenvalue weighted by molar-refractivity contribution is 0.466. The van der Waals surface area contributed by atoms with Crippen LogP contribution >= 0.6 is 0 Å². The van der Waals surface area contributed by atoms with Crippen LogP contribution in [0.5, 0.6) is 0 Å². The Kier molecular flexibility index (Phi) is 2.72. The minimum Gasteiger partial charge on any atom is -0.464 e. The number of rotatable bonds is 2. The average molecular weight is 275 g/mol. The van der Waals surface area contributed by atoms with Crippen molar-refractivity contribution in [3.05, 3.63) is 82.8 Å². The molecule has 0 fully saturated rings. The average Bonchev–Trinajstić information content (AvgIpc) is 3.09. The highest BCUT2D eigenvalue weighted by molar-refractivity contribution is 5.77. The first kappa shape index (κ1) is 12.4. The molecule has 1 heterocycles. The lowest BCUT2D eigenvalue weighted by atomic mass is 9.98. The van der Waals surface area contributed by atoms with E-state index in [4.69, 9.17) is 10.2 Å². The van der Waals surface area contributed by atoms with Crippen molar-refractivity contribution in [1.82, 2.24) is 0 Å². The van der Waals surface area contributed by atoms with Gasteiger partial charge in [-0.15, -0.1) is 0 Å². The maximum Gasteiger partial charge on any atom is 0.125 e. The minimum absolute atomic E-state index is 0.211. The van der Waals surface area contributed by atoms with E-state index < -0.39 is 0 Å². The van der Waals surface area contributed by atoms with E-state index >= 15 is 0 Å². The summed E-state index contributed by atoms with van der Waals surface area (Å²) in [6, 6.07) is 18.8. The van der Waals surface area contributed by atoms with Gasteiger partial charge in [-0.25, -0.2) is 0 Å². The van der Waals surface area contributed by atoms with E-state index in [1.165, 1.54) is 22.3 Å². The largest absolute Gasteiger partial charge is 0.464 e. The highest BCUT2D eigenvalue weighted by Gasteiger charge is 2.20. The third kappa shape index (κ3) is 1.99. The quantitative estimate of drug-likeness (QED) is 0.595. The molecule has 2 N–H and O–H groups in total. The molecule has 1 aromatic heterocycles. The molecule has 0 bridgehead atoms. The van der Waals surface area contributed by atoms with Crippen LogP contribution in [0, 0.1) is 6.92 Å². The zero-order valence-corrected chi connectivity index (χ0v) is 12.0. The summed E-state index contributed by atoms with van der Waals surface area (Å²) in [4.78, 5) is 0. The zero-order chi connectivity index (χ0) is 14.4. The Bertz CT molecular complexity index is 816. The van der Waals surface area contributed by atoms with E-state index in [1.54, 1.807) is 0 Å². The number of fused-ring (bicyclic) bond motifs is 3. The molecule has 0 radical (unpaired) electrons. The number of hydrogen-bond acceptors (Lipinski definition) is 2. The van der Waals surface area contributed by atoms with Gasteiger partial charge in [-0.05, 0) is 59.4 Å². The van der Waals surface area contributed by atoms with Gasteiger partial charge in [0.1, 0.15) is 11.5 Å². The van der Waals surface area contributed by atoms with Gasteiger partial charge in [0.25, 0.3) is 0 Å². The van der Waals surface area contributed by atoms with Gasteiger partial charge in [0.05, 0.1) is 6.04 Å². The number of benzene rings is 2. The molecule has 21 heavy (non-hydrogen) atoms. The monoisotopic (exact) mass is 275 g/mol. The van der Waals surface area contributed by atoms with Gasteiger partial charge in [-0.1, -0.05) is 36.4 Å². The molecule has 1 unspecified atom stereocenters. The fourth-order valence-corrected chi connectivity index (χ4v) is 3.12. The fraction of sp³-hybridized carbons (Fsp3) is 0.158. The second-order valence-electron chi connectivity index (χ2n) is 5.68. The van der Waals surface area contributed by atoms with Crippen molar-refractivity contribution in [3.8, 4) is 11.1 Å². The third-order valence-corrected chi connectivity index (χ3v) is 4.25. The Morgan fingerprint density at radius 2 is 1.76 bits per heavy atom. The molecule has 0 amide bonds. The summed E-state index contributed by atoms with van der Waals surface area (Å²) in [6.45, 7) is 1.94. The molecule has 1 aliphatic carbocycles. The molecule has 1 aliphatic rings. The van der Waals surface area contributed by atoms with Crippen LogP contribution < -0.4 is 5.73 Å². The Balaban J connectivity index is 1.77. The minimum atomic E-state index is -0.211. The Labute approximate surface area is 124 Å². The Morgan fingerprint density at radius 1 is 0.952 bits per heavy atom. The molecule has 2 heteroatoms. The molecular weight excluding hydrogens is 258 g/mol. The Morgan fingerprint density at radius 3 is 2.57 bits per heavy atom. The van der Waals surface area contributed by atoms with Crippen LogP contribution in [-0.2, 0) is 6.42 Å². The summed E-state index contributed by atoms with van der Waals surface area (Å²) in [5, 5.41) is 0. The maximum atomic E-state index is 6.35. The van der Waals surface area contributed by atoms with E-state index in [9.17, 15) is 0 Å². The van der Waals surface area contributed by atoms with Gasteiger partial charge in [-0.2, -0.15) is 0 Å². The van der Waals surface area contributed by atoms with Gasteiger partial charge in [0, 0.05) is 0 Å². The zero-order valence-electron chi connectivity index (χ0n) is 12.0.